The molecule has 0 aliphatic rings. The highest BCUT2D eigenvalue weighted by atomic mass is 16.4. The Labute approximate surface area is 71.8 Å². The first-order valence-electron chi connectivity index (χ1n) is 4.05. The minimum Gasteiger partial charge on any atom is -0.479 e. The van der Waals surface area contributed by atoms with Gasteiger partial charge in [-0.25, -0.2) is 4.79 Å². The molecule has 0 amide bonds. The van der Waals surface area contributed by atoms with Crippen molar-refractivity contribution in [3.05, 3.63) is 0 Å². The van der Waals surface area contributed by atoms with Crippen LogP contribution in [0.2, 0.25) is 0 Å². The average Bonchev–Trinajstić information content (AvgIpc) is 1.99. The Bertz CT molecular complexity index is 153. The lowest BCUT2D eigenvalue weighted by Gasteiger charge is -2.25. The Morgan fingerprint density at radius 1 is 1.58 bits per heavy atom. The third kappa shape index (κ3) is 3.19. The normalized spacial score (nSPS) is 18.3. The van der Waals surface area contributed by atoms with Crippen LogP contribution in [-0.2, 0) is 4.79 Å². The molecule has 4 nitrogen and oxygen atoms in total. The number of rotatable bonds is 5. The predicted octanol–water partition coefficient (Wildman–Crippen LogP) is 0.373. The molecular weight excluding hydrogens is 160 g/mol. The number of carbonyl (C=O) groups is 1. The molecule has 2 atom stereocenters. The summed E-state index contributed by atoms with van der Waals surface area (Å²) in [4.78, 5) is 10.3. The van der Waals surface area contributed by atoms with Crippen molar-refractivity contribution in [2.75, 3.05) is 0 Å². The molecule has 12 heavy (non-hydrogen) atoms. The van der Waals surface area contributed by atoms with Gasteiger partial charge in [0.2, 0.25) is 0 Å². The lowest BCUT2D eigenvalue weighted by atomic mass is 9.93. The molecule has 0 saturated heterocycles. The van der Waals surface area contributed by atoms with Crippen LogP contribution in [0.15, 0.2) is 0 Å². The van der Waals surface area contributed by atoms with Crippen molar-refractivity contribution < 1.29 is 20.1 Å². The molecule has 0 aliphatic carbocycles. The maximum Gasteiger partial charge on any atom is 0.335 e. The van der Waals surface area contributed by atoms with Crippen LogP contribution in [-0.4, -0.2) is 33.0 Å². The lowest BCUT2D eigenvalue weighted by molar-refractivity contribution is -0.162. The van der Waals surface area contributed by atoms with Gasteiger partial charge in [-0.15, -0.1) is 0 Å². The highest BCUT2D eigenvalue weighted by Gasteiger charge is 2.34. The lowest BCUT2D eigenvalue weighted by Crippen LogP contribution is -2.44. The number of aliphatic hydroxyl groups is 2. The summed E-state index contributed by atoms with van der Waals surface area (Å²) >= 11 is 0. The van der Waals surface area contributed by atoms with Crippen LogP contribution in [0.4, 0.5) is 0 Å². The molecule has 0 unspecified atom stereocenters. The molecule has 4 heteroatoms. The molecule has 0 aromatic carbocycles. The standard InChI is InChI=1S/C8H16O4/c1-3-4-5-8(2,12)6(9)7(10)11/h6,9,12H,3-5H2,1-2H3,(H,10,11)/t6-,8-/m1/s1. The van der Waals surface area contributed by atoms with Crippen LogP contribution < -0.4 is 0 Å². The van der Waals surface area contributed by atoms with Gasteiger partial charge < -0.3 is 15.3 Å². The molecule has 0 fully saturated rings. The fourth-order valence-electron chi connectivity index (χ4n) is 0.937. The number of carboxylic acids is 1. The van der Waals surface area contributed by atoms with Crippen molar-refractivity contribution >= 4 is 5.97 Å². The molecule has 0 aromatic heterocycles. The molecular formula is C8H16O4. The summed E-state index contributed by atoms with van der Waals surface area (Å²) in [5.41, 5.74) is -1.51. The van der Waals surface area contributed by atoms with Gasteiger partial charge in [0.05, 0.1) is 5.60 Å². The summed E-state index contributed by atoms with van der Waals surface area (Å²) < 4.78 is 0. The molecule has 0 rings (SSSR count). The van der Waals surface area contributed by atoms with Crippen LogP contribution in [0, 0.1) is 0 Å². The highest BCUT2D eigenvalue weighted by Crippen LogP contribution is 2.18. The van der Waals surface area contributed by atoms with E-state index >= 15 is 0 Å². The number of unbranched alkanes of at least 4 members (excludes halogenated alkanes) is 1. The minimum atomic E-state index is -1.69. The third-order valence-corrected chi connectivity index (χ3v) is 1.86. The SMILES string of the molecule is CCCC[C@@](C)(O)[C@H](O)C(=O)O. The smallest absolute Gasteiger partial charge is 0.335 e. The van der Waals surface area contributed by atoms with Crippen LogP contribution >= 0.6 is 0 Å². The molecule has 0 aliphatic heterocycles. The Kier molecular flexibility index (Phi) is 4.20. The van der Waals surface area contributed by atoms with Gasteiger partial charge in [-0.3, -0.25) is 0 Å². The molecule has 0 saturated carbocycles. The van der Waals surface area contributed by atoms with E-state index in [0.29, 0.717) is 12.8 Å². The monoisotopic (exact) mass is 176 g/mol. The third-order valence-electron chi connectivity index (χ3n) is 1.86. The van der Waals surface area contributed by atoms with Gasteiger partial charge in [-0.1, -0.05) is 19.8 Å². The van der Waals surface area contributed by atoms with Crippen molar-refractivity contribution in [2.45, 2.75) is 44.8 Å². The van der Waals surface area contributed by atoms with Crippen molar-refractivity contribution in [3.8, 4) is 0 Å². The summed E-state index contributed by atoms with van der Waals surface area (Å²) in [7, 11) is 0. The number of aliphatic hydroxyl groups excluding tert-OH is 1. The first kappa shape index (κ1) is 11.4. The van der Waals surface area contributed by atoms with Gasteiger partial charge in [0.1, 0.15) is 0 Å². The zero-order valence-electron chi connectivity index (χ0n) is 7.45. The van der Waals surface area contributed by atoms with Gasteiger partial charge >= 0.3 is 5.97 Å². The van der Waals surface area contributed by atoms with E-state index in [4.69, 9.17) is 10.2 Å². The minimum absolute atomic E-state index is 0.303. The fraction of sp³-hybridized carbons (Fsp3) is 0.875. The summed E-state index contributed by atoms with van der Waals surface area (Å²) in [6.07, 6.45) is 0.181. The Morgan fingerprint density at radius 2 is 2.08 bits per heavy atom. The van der Waals surface area contributed by atoms with Gasteiger partial charge in [0.25, 0.3) is 0 Å². The topological polar surface area (TPSA) is 77.8 Å². The van der Waals surface area contributed by atoms with E-state index in [1.807, 2.05) is 6.92 Å². The van der Waals surface area contributed by atoms with E-state index in [1.54, 1.807) is 0 Å². The second-order valence-corrected chi connectivity index (χ2v) is 3.20. The molecule has 0 bridgehead atoms. The van der Waals surface area contributed by atoms with Crippen LogP contribution in [0.25, 0.3) is 0 Å². The Balaban J connectivity index is 4.08. The molecule has 3 N–H and O–H groups in total. The Morgan fingerprint density at radius 3 is 2.42 bits per heavy atom. The molecule has 72 valence electrons. The second kappa shape index (κ2) is 4.42. The predicted molar refractivity (Wildman–Crippen MR) is 43.8 cm³/mol. The van der Waals surface area contributed by atoms with Crippen LogP contribution in [0.3, 0.4) is 0 Å². The van der Waals surface area contributed by atoms with E-state index < -0.39 is 17.7 Å². The quantitative estimate of drug-likeness (QED) is 0.565. The van der Waals surface area contributed by atoms with Crippen LogP contribution in [0.1, 0.15) is 33.1 Å². The maximum absolute atomic E-state index is 10.3. The number of aliphatic carboxylic acids is 1. The van der Waals surface area contributed by atoms with E-state index in [2.05, 4.69) is 0 Å². The van der Waals surface area contributed by atoms with Gasteiger partial charge in [0.15, 0.2) is 6.10 Å². The molecule has 0 spiro atoms. The van der Waals surface area contributed by atoms with Gasteiger partial charge in [-0.2, -0.15) is 0 Å². The van der Waals surface area contributed by atoms with Crippen LogP contribution in [0.5, 0.6) is 0 Å². The largest absolute Gasteiger partial charge is 0.479 e. The Hall–Kier alpha value is -0.610. The van der Waals surface area contributed by atoms with Gasteiger partial charge in [0, 0.05) is 0 Å². The van der Waals surface area contributed by atoms with Crippen molar-refractivity contribution in [1.82, 2.24) is 0 Å². The summed E-state index contributed by atoms with van der Waals surface area (Å²) in [6.45, 7) is 3.27. The fourth-order valence-corrected chi connectivity index (χ4v) is 0.937. The van der Waals surface area contributed by atoms with Crippen molar-refractivity contribution in [1.29, 1.82) is 0 Å². The van der Waals surface area contributed by atoms with Crippen molar-refractivity contribution in [3.63, 3.8) is 0 Å². The number of hydrogen-bond acceptors (Lipinski definition) is 3. The zero-order chi connectivity index (χ0) is 9.78. The molecule has 0 aromatic rings. The summed E-state index contributed by atoms with van der Waals surface area (Å²) in [5.74, 6) is -1.38. The first-order chi connectivity index (χ1) is 5.41. The van der Waals surface area contributed by atoms with Gasteiger partial charge in [-0.05, 0) is 13.3 Å². The zero-order valence-corrected chi connectivity index (χ0v) is 7.45. The number of hydrogen-bond donors (Lipinski definition) is 3. The summed E-state index contributed by atoms with van der Waals surface area (Å²) in [5, 5.41) is 26.9. The second-order valence-electron chi connectivity index (χ2n) is 3.20. The van der Waals surface area contributed by atoms with E-state index in [9.17, 15) is 9.90 Å². The number of carboxylic acid groups (broad SMARTS) is 1. The summed E-state index contributed by atoms with van der Waals surface area (Å²) in [6, 6.07) is 0. The first-order valence-corrected chi connectivity index (χ1v) is 4.05. The van der Waals surface area contributed by atoms with Crippen molar-refractivity contribution in [2.24, 2.45) is 0 Å². The molecule has 0 radical (unpaired) electrons. The highest BCUT2D eigenvalue weighted by molar-refractivity contribution is 5.73. The average molecular weight is 176 g/mol. The van der Waals surface area contributed by atoms with E-state index in [0.717, 1.165) is 6.42 Å². The van der Waals surface area contributed by atoms with E-state index in [1.165, 1.54) is 6.92 Å². The molecule has 0 heterocycles. The van der Waals surface area contributed by atoms with E-state index in [-0.39, 0.29) is 0 Å². The maximum atomic E-state index is 10.3.